The molecule has 11 nitrogen and oxygen atoms in total. The average molecular weight is 535 g/mol. The fourth-order valence-corrected chi connectivity index (χ4v) is 5.31. The number of fused-ring (bicyclic) bond motifs is 1. The second kappa shape index (κ2) is 11.3. The van der Waals surface area contributed by atoms with Crippen LogP contribution in [0.3, 0.4) is 0 Å². The maximum absolute atomic E-state index is 13.0. The summed E-state index contributed by atoms with van der Waals surface area (Å²) in [5.74, 6) is -2.57. The third-order valence-electron chi connectivity index (χ3n) is 7.48. The van der Waals surface area contributed by atoms with Crippen LogP contribution in [0.5, 0.6) is 5.75 Å². The number of carboxylic acids is 1. The molecule has 2 N–H and O–H groups in total. The number of carboxylic acid groups (broad SMARTS) is 1. The largest absolute Gasteiger partial charge is 0.490 e. The third kappa shape index (κ3) is 5.83. The first-order chi connectivity index (χ1) is 18.8. The number of hydrogen-bond acceptors (Lipinski definition) is 8. The number of likely N-dealkylation sites (tertiary alicyclic amines) is 1. The van der Waals surface area contributed by atoms with E-state index < -0.39 is 35.6 Å². The first-order valence-electron chi connectivity index (χ1n) is 13.2. The van der Waals surface area contributed by atoms with Crippen LogP contribution < -0.4 is 10.1 Å². The summed E-state index contributed by atoms with van der Waals surface area (Å²) in [5, 5.41) is 11.2. The van der Waals surface area contributed by atoms with E-state index in [4.69, 9.17) is 9.84 Å². The van der Waals surface area contributed by atoms with Crippen molar-refractivity contribution in [2.24, 2.45) is 0 Å². The zero-order valence-electron chi connectivity index (χ0n) is 21.4. The van der Waals surface area contributed by atoms with Gasteiger partial charge in [-0.3, -0.25) is 34.4 Å². The lowest BCUT2D eigenvalue weighted by Gasteiger charge is -2.32. The number of unbranched alkanes of at least 4 members (excludes halogenated alkanes) is 1. The number of amides is 4. The molecular formula is C28H30N4O7. The number of hydrogen-bond donors (Lipinski definition) is 2. The summed E-state index contributed by atoms with van der Waals surface area (Å²) in [5.41, 5.74) is 1.53. The molecule has 11 heteroatoms. The van der Waals surface area contributed by atoms with Crippen LogP contribution in [0.15, 0.2) is 36.5 Å². The second-order valence-corrected chi connectivity index (χ2v) is 10.1. The number of aromatic nitrogens is 1. The van der Waals surface area contributed by atoms with E-state index in [1.54, 1.807) is 30.3 Å². The predicted octanol–water partition coefficient (Wildman–Crippen LogP) is 2.05. The molecule has 3 aliphatic heterocycles. The number of imide groups is 2. The SMILES string of the molecule is O=C1CCC(N2C(=O)c3ccc(OC4CCN(CCCCc5ccc(C(=O)O)cn5)CC4)cc3C2=O)C(=O)N1. The summed E-state index contributed by atoms with van der Waals surface area (Å²) >= 11 is 0. The van der Waals surface area contributed by atoms with Crippen LogP contribution in [0.25, 0.3) is 0 Å². The lowest BCUT2D eigenvalue weighted by molar-refractivity contribution is -0.136. The summed E-state index contributed by atoms with van der Waals surface area (Å²) in [4.78, 5) is 68.1. The van der Waals surface area contributed by atoms with Crippen molar-refractivity contribution in [2.75, 3.05) is 19.6 Å². The molecular weight excluding hydrogens is 504 g/mol. The zero-order valence-corrected chi connectivity index (χ0v) is 21.4. The number of pyridine rings is 1. The van der Waals surface area contributed by atoms with Gasteiger partial charge in [0.15, 0.2) is 0 Å². The van der Waals surface area contributed by atoms with Crippen molar-refractivity contribution < 1.29 is 33.8 Å². The van der Waals surface area contributed by atoms with Gasteiger partial charge in [-0.15, -0.1) is 0 Å². The van der Waals surface area contributed by atoms with Crippen LogP contribution in [-0.4, -0.2) is 81.3 Å². The Kier molecular flexibility index (Phi) is 7.69. The van der Waals surface area contributed by atoms with Crippen molar-refractivity contribution in [1.29, 1.82) is 0 Å². The normalized spacial score (nSPS) is 20.2. The van der Waals surface area contributed by atoms with E-state index in [2.05, 4.69) is 15.2 Å². The number of nitrogens with zero attached hydrogens (tertiary/aromatic N) is 3. The lowest BCUT2D eigenvalue weighted by Crippen LogP contribution is -2.54. The van der Waals surface area contributed by atoms with Crippen LogP contribution >= 0.6 is 0 Å². The molecule has 204 valence electrons. The Morgan fingerprint density at radius 2 is 1.77 bits per heavy atom. The molecule has 3 aliphatic rings. The van der Waals surface area contributed by atoms with Gasteiger partial charge in [-0.05, 0) is 75.4 Å². The Balaban J connectivity index is 1.08. The van der Waals surface area contributed by atoms with Gasteiger partial charge in [0, 0.05) is 31.4 Å². The van der Waals surface area contributed by atoms with Gasteiger partial charge < -0.3 is 14.7 Å². The number of benzene rings is 1. The van der Waals surface area contributed by atoms with Gasteiger partial charge in [-0.25, -0.2) is 4.79 Å². The van der Waals surface area contributed by atoms with Crippen LogP contribution in [0, 0.1) is 0 Å². The molecule has 0 bridgehead atoms. The number of carbonyl (C=O) groups excluding carboxylic acids is 4. The van der Waals surface area contributed by atoms with Crippen molar-refractivity contribution >= 4 is 29.6 Å². The minimum absolute atomic E-state index is 0.00491. The molecule has 1 atom stereocenters. The fraction of sp³-hybridized carbons (Fsp3) is 0.429. The predicted molar refractivity (Wildman–Crippen MR) is 137 cm³/mol. The summed E-state index contributed by atoms with van der Waals surface area (Å²) in [7, 11) is 0. The van der Waals surface area contributed by atoms with Crippen LogP contribution in [-0.2, 0) is 16.0 Å². The van der Waals surface area contributed by atoms with Crippen LogP contribution in [0.4, 0.5) is 0 Å². The number of aromatic carboxylic acids is 1. The van der Waals surface area contributed by atoms with E-state index in [1.165, 1.54) is 6.20 Å². The summed E-state index contributed by atoms with van der Waals surface area (Å²) in [6, 6.07) is 7.18. The molecule has 2 saturated heterocycles. The number of aryl methyl sites for hydroxylation is 1. The Labute approximate surface area is 225 Å². The Morgan fingerprint density at radius 3 is 2.46 bits per heavy atom. The minimum Gasteiger partial charge on any atom is -0.490 e. The van der Waals surface area contributed by atoms with Gasteiger partial charge in [-0.1, -0.05) is 0 Å². The smallest absolute Gasteiger partial charge is 0.337 e. The van der Waals surface area contributed by atoms with Crippen molar-refractivity contribution in [3.63, 3.8) is 0 Å². The summed E-state index contributed by atoms with van der Waals surface area (Å²) in [6.07, 6.45) is 6.05. The number of rotatable bonds is 9. The van der Waals surface area contributed by atoms with Crippen molar-refractivity contribution in [3.8, 4) is 5.75 Å². The highest BCUT2D eigenvalue weighted by atomic mass is 16.5. The van der Waals surface area contributed by atoms with Gasteiger partial charge in [0.05, 0.1) is 16.7 Å². The molecule has 2 aromatic rings. The second-order valence-electron chi connectivity index (χ2n) is 10.1. The molecule has 5 rings (SSSR count). The quantitative estimate of drug-likeness (QED) is 0.364. The van der Waals surface area contributed by atoms with Crippen LogP contribution in [0.2, 0.25) is 0 Å². The maximum atomic E-state index is 13.0. The molecule has 0 saturated carbocycles. The third-order valence-corrected chi connectivity index (χ3v) is 7.48. The first kappa shape index (κ1) is 26.5. The van der Waals surface area contributed by atoms with Crippen molar-refractivity contribution in [3.05, 3.63) is 58.9 Å². The topological polar surface area (TPSA) is 146 Å². The van der Waals surface area contributed by atoms with E-state index >= 15 is 0 Å². The minimum atomic E-state index is -0.988. The number of ether oxygens (including phenoxy) is 1. The highest BCUT2D eigenvalue weighted by molar-refractivity contribution is 6.23. The molecule has 0 aliphatic carbocycles. The highest BCUT2D eigenvalue weighted by Gasteiger charge is 2.44. The van der Waals surface area contributed by atoms with Gasteiger partial charge in [0.1, 0.15) is 17.9 Å². The van der Waals surface area contributed by atoms with E-state index in [9.17, 15) is 24.0 Å². The fourth-order valence-electron chi connectivity index (χ4n) is 5.31. The van der Waals surface area contributed by atoms with E-state index in [1.807, 2.05) is 0 Å². The number of carbonyl (C=O) groups is 5. The molecule has 2 fully saturated rings. The van der Waals surface area contributed by atoms with E-state index in [0.29, 0.717) is 5.75 Å². The summed E-state index contributed by atoms with van der Waals surface area (Å²) in [6.45, 7) is 2.75. The first-order valence-corrected chi connectivity index (χ1v) is 13.2. The van der Waals surface area contributed by atoms with Crippen molar-refractivity contribution in [1.82, 2.24) is 20.1 Å². The molecule has 1 unspecified atom stereocenters. The standard InChI is InChI=1S/C28H30N4O7/c33-24-9-8-23(25(34)30-24)32-26(35)21-7-6-20(15-22(21)27(32)36)39-19-10-13-31(14-11-19)12-2-1-3-18-5-4-17(16-29-18)28(37)38/h4-7,15-16,19,23H,1-3,8-14H2,(H,37,38)(H,30,33,34). The van der Waals surface area contributed by atoms with Crippen molar-refractivity contribution in [2.45, 2.75) is 57.1 Å². The highest BCUT2D eigenvalue weighted by Crippen LogP contribution is 2.31. The lowest BCUT2D eigenvalue weighted by atomic mass is 10.0. The molecule has 1 aromatic heterocycles. The van der Waals surface area contributed by atoms with Gasteiger partial charge in [0.2, 0.25) is 11.8 Å². The maximum Gasteiger partial charge on any atom is 0.337 e. The molecule has 0 spiro atoms. The molecule has 1 aromatic carbocycles. The Morgan fingerprint density at radius 1 is 1.00 bits per heavy atom. The summed E-state index contributed by atoms with van der Waals surface area (Å²) < 4.78 is 6.16. The molecule has 39 heavy (non-hydrogen) atoms. The van der Waals surface area contributed by atoms with Gasteiger partial charge >= 0.3 is 5.97 Å². The van der Waals surface area contributed by atoms with Gasteiger partial charge in [-0.2, -0.15) is 0 Å². The Hall–Kier alpha value is -4.12. The molecule has 0 radical (unpaired) electrons. The Bertz CT molecular complexity index is 1300. The van der Waals surface area contributed by atoms with E-state index in [0.717, 1.165) is 62.3 Å². The molecule has 4 amide bonds. The average Bonchev–Trinajstić information content (AvgIpc) is 3.17. The number of nitrogens with one attached hydrogen (secondary N) is 1. The zero-order chi connectivity index (χ0) is 27.5. The van der Waals surface area contributed by atoms with Gasteiger partial charge in [0.25, 0.3) is 11.8 Å². The monoisotopic (exact) mass is 534 g/mol. The number of piperidine rings is 2. The van der Waals surface area contributed by atoms with Crippen LogP contribution in [0.1, 0.15) is 75.3 Å². The van der Waals surface area contributed by atoms with E-state index in [-0.39, 0.29) is 35.6 Å². The molecule has 4 heterocycles.